The van der Waals surface area contributed by atoms with Gasteiger partial charge in [0.05, 0.1) is 0 Å². The van der Waals surface area contributed by atoms with Crippen LogP contribution in [0.25, 0.3) is 0 Å². The summed E-state index contributed by atoms with van der Waals surface area (Å²) >= 11 is 0. The van der Waals surface area contributed by atoms with Crippen molar-refractivity contribution in [3.63, 3.8) is 0 Å². The first-order valence-corrected chi connectivity index (χ1v) is 10.9. The van der Waals surface area contributed by atoms with Gasteiger partial charge in [0.2, 0.25) is 11.8 Å². The molecule has 2 aromatic carbocycles. The van der Waals surface area contributed by atoms with E-state index in [0.717, 1.165) is 30.8 Å². The van der Waals surface area contributed by atoms with Crippen molar-refractivity contribution in [3.8, 4) is 0 Å². The largest absolute Gasteiger partial charge is 0.322 e. The Morgan fingerprint density at radius 1 is 1.03 bits per heavy atom. The average Bonchev–Trinajstić information content (AvgIpc) is 3.37. The monoisotopic (exact) mass is 418 g/mol. The molecule has 0 bridgehead atoms. The van der Waals surface area contributed by atoms with Crippen LogP contribution in [0.3, 0.4) is 0 Å². The van der Waals surface area contributed by atoms with Gasteiger partial charge in [-0.15, -0.1) is 0 Å². The highest BCUT2D eigenvalue weighted by atomic mass is 16.2. The van der Waals surface area contributed by atoms with Crippen molar-refractivity contribution < 1.29 is 14.4 Å². The van der Waals surface area contributed by atoms with Crippen LogP contribution in [0.2, 0.25) is 0 Å². The summed E-state index contributed by atoms with van der Waals surface area (Å²) in [5.74, 6) is -0.345. The van der Waals surface area contributed by atoms with Gasteiger partial charge in [-0.05, 0) is 29.2 Å². The van der Waals surface area contributed by atoms with Crippen molar-refractivity contribution in [1.29, 1.82) is 0 Å². The van der Waals surface area contributed by atoms with Crippen molar-refractivity contribution in [3.05, 3.63) is 70.8 Å². The summed E-state index contributed by atoms with van der Waals surface area (Å²) in [5.41, 5.74) is 4.05. The van der Waals surface area contributed by atoms with E-state index in [9.17, 15) is 14.4 Å². The Morgan fingerprint density at radius 3 is 2.68 bits per heavy atom. The van der Waals surface area contributed by atoms with Crippen molar-refractivity contribution in [1.82, 2.24) is 20.9 Å². The number of benzene rings is 2. The molecular weight excluding hydrogens is 392 g/mol. The quantitative estimate of drug-likeness (QED) is 0.637. The van der Waals surface area contributed by atoms with Crippen LogP contribution in [0.4, 0.5) is 0 Å². The second kappa shape index (κ2) is 8.24. The fourth-order valence-corrected chi connectivity index (χ4v) is 4.93. The predicted octanol–water partition coefficient (Wildman–Crippen LogP) is 1.29. The molecule has 1 unspecified atom stereocenters. The second-order valence-electron chi connectivity index (χ2n) is 8.55. The lowest BCUT2D eigenvalue weighted by Crippen LogP contribution is -2.52. The molecule has 31 heavy (non-hydrogen) atoms. The maximum absolute atomic E-state index is 12.8. The van der Waals surface area contributed by atoms with Crippen LogP contribution >= 0.6 is 0 Å². The zero-order chi connectivity index (χ0) is 21.4. The fraction of sp³-hybridized carbons (Fsp3) is 0.375. The Balaban J connectivity index is 1.25. The van der Waals surface area contributed by atoms with Crippen LogP contribution in [-0.4, -0.2) is 47.8 Å². The first kappa shape index (κ1) is 19.9. The minimum Gasteiger partial charge on any atom is -0.322 e. The lowest BCUT2D eigenvalue weighted by Gasteiger charge is -2.29. The van der Waals surface area contributed by atoms with Crippen molar-refractivity contribution in [2.75, 3.05) is 13.1 Å². The maximum Gasteiger partial charge on any atom is 0.255 e. The molecule has 2 saturated heterocycles. The highest BCUT2D eigenvalue weighted by Crippen LogP contribution is 2.28. The minimum atomic E-state index is -0.574. The van der Waals surface area contributed by atoms with Gasteiger partial charge < -0.3 is 15.5 Å². The third-order valence-corrected chi connectivity index (χ3v) is 6.60. The summed E-state index contributed by atoms with van der Waals surface area (Å²) in [5, 5.41) is 9.50. The van der Waals surface area contributed by atoms with Crippen LogP contribution in [-0.2, 0) is 22.7 Å². The molecule has 7 nitrogen and oxygen atoms in total. The summed E-state index contributed by atoms with van der Waals surface area (Å²) in [6.45, 7) is 3.01. The molecule has 160 valence electrons. The Bertz CT molecular complexity index is 1020. The molecule has 0 saturated carbocycles. The molecule has 3 amide bonds. The molecule has 3 atom stereocenters. The van der Waals surface area contributed by atoms with E-state index in [0.29, 0.717) is 30.5 Å². The molecule has 0 aliphatic carbocycles. The van der Waals surface area contributed by atoms with Gasteiger partial charge in [0.1, 0.15) is 6.04 Å². The number of rotatable bonds is 5. The molecule has 0 spiro atoms. The number of hydrogen-bond acceptors (Lipinski definition) is 5. The van der Waals surface area contributed by atoms with Gasteiger partial charge in [0.25, 0.3) is 5.91 Å². The predicted molar refractivity (Wildman–Crippen MR) is 115 cm³/mol. The van der Waals surface area contributed by atoms with E-state index >= 15 is 0 Å². The van der Waals surface area contributed by atoms with E-state index in [1.54, 1.807) is 4.90 Å². The van der Waals surface area contributed by atoms with Gasteiger partial charge in [0.15, 0.2) is 0 Å². The number of hydrogen-bond donors (Lipinski definition) is 3. The molecule has 7 heteroatoms. The summed E-state index contributed by atoms with van der Waals surface area (Å²) in [7, 11) is 0. The third kappa shape index (κ3) is 3.86. The van der Waals surface area contributed by atoms with Crippen molar-refractivity contribution in [2.24, 2.45) is 0 Å². The van der Waals surface area contributed by atoms with Crippen LogP contribution in [0.5, 0.6) is 0 Å². The van der Waals surface area contributed by atoms with E-state index in [1.165, 1.54) is 5.56 Å². The molecular formula is C24H26N4O3. The Hall–Kier alpha value is -3.03. The zero-order valence-corrected chi connectivity index (χ0v) is 17.3. The zero-order valence-electron chi connectivity index (χ0n) is 17.3. The van der Waals surface area contributed by atoms with Crippen molar-refractivity contribution >= 4 is 17.7 Å². The Labute approximate surface area is 181 Å². The fourth-order valence-electron chi connectivity index (χ4n) is 4.93. The SMILES string of the molecule is O=C1CCC(N2Cc3cc(CN[C@@H]4CNC[C@H]4c4ccccc4)ccc3C2=O)C(=O)N1. The van der Waals surface area contributed by atoms with Crippen molar-refractivity contribution in [2.45, 2.75) is 43.9 Å². The first-order chi connectivity index (χ1) is 15.1. The van der Waals surface area contributed by atoms with Gasteiger partial charge in [0, 0.05) is 50.1 Å². The number of nitrogens with one attached hydrogen (secondary N) is 3. The van der Waals surface area contributed by atoms with Crippen LogP contribution in [0, 0.1) is 0 Å². The molecule has 3 N–H and O–H groups in total. The van der Waals surface area contributed by atoms with E-state index in [4.69, 9.17) is 0 Å². The second-order valence-corrected chi connectivity index (χ2v) is 8.55. The highest BCUT2D eigenvalue weighted by Gasteiger charge is 2.39. The molecule has 3 heterocycles. The van der Waals surface area contributed by atoms with Gasteiger partial charge in [-0.25, -0.2) is 0 Å². The third-order valence-electron chi connectivity index (χ3n) is 6.60. The molecule has 2 aromatic rings. The molecule has 3 aliphatic heterocycles. The van der Waals surface area contributed by atoms with Gasteiger partial charge in [-0.2, -0.15) is 0 Å². The van der Waals surface area contributed by atoms with Gasteiger partial charge in [-0.3, -0.25) is 19.7 Å². The number of imide groups is 1. The number of amides is 3. The smallest absolute Gasteiger partial charge is 0.255 e. The highest BCUT2D eigenvalue weighted by molar-refractivity contribution is 6.05. The average molecular weight is 418 g/mol. The standard InChI is InChI=1S/C24H26N4O3/c29-22-9-8-21(23(30)27-22)28-14-17-10-15(6-7-18(17)24(28)31)11-26-20-13-25-12-19(20)16-4-2-1-3-5-16/h1-7,10,19-21,25-26H,8-9,11-14H2,(H,27,29,30)/t19-,20+,21?/m0/s1. The maximum atomic E-state index is 12.8. The summed E-state index contributed by atoms with van der Waals surface area (Å²) in [6.07, 6.45) is 0.651. The topological polar surface area (TPSA) is 90.5 Å². The summed E-state index contributed by atoms with van der Waals surface area (Å²) in [6, 6.07) is 16.2. The van der Waals surface area contributed by atoms with Gasteiger partial charge in [-0.1, -0.05) is 42.5 Å². The number of carbonyl (C=O) groups excluding carboxylic acids is 3. The van der Waals surface area contributed by atoms with E-state index in [-0.39, 0.29) is 24.1 Å². The number of carbonyl (C=O) groups is 3. The number of fused-ring (bicyclic) bond motifs is 1. The van der Waals surface area contributed by atoms with Crippen LogP contribution < -0.4 is 16.0 Å². The molecule has 3 aliphatic rings. The molecule has 0 aromatic heterocycles. The summed E-state index contributed by atoms with van der Waals surface area (Å²) in [4.78, 5) is 38.1. The molecule has 2 fully saturated rings. The number of piperidine rings is 1. The van der Waals surface area contributed by atoms with Gasteiger partial charge >= 0.3 is 0 Å². The van der Waals surface area contributed by atoms with Crippen LogP contribution in [0.15, 0.2) is 48.5 Å². The van der Waals surface area contributed by atoms with E-state index in [1.807, 2.05) is 18.2 Å². The Kier molecular flexibility index (Phi) is 5.29. The first-order valence-electron chi connectivity index (χ1n) is 10.9. The normalized spacial score (nSPS) is 25.6. The molecule has 5 rings (SSSR count). The lowest BCUT2D eigenvalue weighted by atomic mass is 9.94. The van der Waals surface area contributed by atoms with E-state index in [2.05, 4.69) is 46.3 Å². The Morgan fingerprint density at radius 2 is 1.87 bits per heavy atom. The minimum absolute atomic E-state index is 0.131. The number of nitrogens with zero attached hydrogens (tertiary/aromatic N) is 1. The van der Waals surface area contributed by atoms with E-state index < -0.39 is 6.04 Å². The van der Waals surface area contributed by atoms with Crippen LogP contribution in [0.1, 0.15) is 45.8 Å². The molecule has 0 radical (unpaired) electrons. The lowest BCUT2D eigenvalue weighted by molar-refractivity contribution is -0.136. The summed E-state index contributed by atoms with van der Waals surface area (Å²) < 4.78 is 0.